The van der Waals surface area contributed by atoms with Crippen LogP contribution in [0.15, 0.2) is 0 Å². The zero-order chi connectivity index (χ0) is 14.1. The molecule has 1 fully saturated rings. The highest BCUT2D eigenvalue weighted by Crippen LogP contribution is 2.21. The van der Waals surface area contributed by atoms with Gasteiger partial charge in [-0.3, -0.25) is 4.79 Å². The second-order valence-corrected chi connectivity index (χ2v) is 5.94. The minimum Gasteiger partial charge on any atom is -0.343 e. The number of unbranched alkanes of at least 4 members (excludes halogenated alkanes) is 1. The summed E-state index contributed by atoms with van der Waals surface area (Å²) in [4.78, 5) is 14.1. The number of carbonyl (C=O) groups is 1. The van der Waals surface area contributed by atoms with Crippen molar-refractivity contribution >= 4 is 5.91 Å². The molecule has 0 radical (unpaired) electrons. The van der Waals surface area contributed by atoms with E-state index in [0.717, 1.165) is 44.8 Å². The second-order valence-electron chi connectivity index (χ2n) is 5.94. The van der Waals surface area contributed by atoms with Crippen LogP contribution < -0.4 is 5.32 Å². The fourth-order valence-electron chi connectivity index (χ4n) is 2.94. The molecule has 1 N–H and O–H groups in total. The van der Waals surface area contributed by atoms with Crippen LogP contribution in [0.2, 0.25) is 0 Å². The van der Waals surface area contributed by atoms with Crippen molar-refractivity contribution in [3.05, 3.63) is 0 Å². The molecule has 1 amide bonds. The summed E-state index contributed by atoms with van der Waals surface area (Å²) in [6, 6.07) is 0.606. The van der Waals surface area contributed by atoms with E-state index >= 15 is 0 Å². The smallest absolute Gasteiger partial charge is 0.222 e. The molecule has 0 bridgehead atoms. The van der Waals surface area contributed by atoms with Gasteiger partial charge in [-0.05, 0) is 45.1 Å². The number of nitrogens with zero attached hydrogens (tertiary/aromatic N) is 1. The Labute approximate surface area is 119 Å². The molecular formula is C16H32N2O. The Morgan fingerprint density at radius 2 is 2.11 bits per heavy atom. The van der Waals surface area contributed by atoms with Gasteiger partial charge in [-0.25, -0.2) is 0 Å². The molecule has 1 rings (SSSR count). The summed E-state index contributed by atoms with van der Waals surface area (Å²) in [6.07, 6.45) is 7.88. The first-order valence-electron chi connectivity index (χ1n) is 8.18. The van der Waals surface area contributed by atoms with Crippen molar-refractivity contribution in [2.75, 3.05) is 19.6 Å². The Bertz CT molecular complexity index is 255. The molecule has 0 aliphatic carbocycles. The van der Waals surface area contributed by atoms with Gasteiger partial charge in [-0.15, -0.1) is 0 Å². The van der Waals surface area contributed by atoms with Crippen molar-refractivity contribution in [1.82, 2.24) is 10.2 Å². The van der Waals surface area contributed by atoms with E-state index in [1.807, 2.05) is 0 Å². The maximum Gasteiger partial charge on any atom is 0.222 e. The summed E-state index contributed by atoms with van der Waals surface area (Å²) in [6.45, 7) is 9.63. The summed E-state index contributed by atoms with van der Waals surface area (Å²) in [5, 5.41) is 3.44. The number of likely N-dealkylation sites (tertiary alicyclic amines) is 1. The van der Waals surface area contributed by atoms with Gasteiger partial charge in [0.1, 0.15) is 0 Å². The van der Waals surface area contributed by atoms with E-state index in [4.69, 9.17) is 0 Å². The molecule has 1 saturated heterocycles. The topological polar surface area (TPSA) is 32.3 Å². The van der Waals surface area contributed by atoms with E-state index in [0.29, 0.717) is 11.9 Å². The maximum atomic E-state index is 12.0. The third-order valence-corrected chi connectivity index (χ3v) is 4.37. The van der Waals surface area contributed by atoms with Crippen molar-refractivity contribution in [3.8, 4) is 0 Å². The van der Waals surface area contributed by atoms with Gasteiger partial charge < -0.3 is 10.2 Å². The summed E-state index contributed by atoms with van der Waals surface area (Å²) in [7, 11) is 0. The fourth-order valence-corrected chi connectivity index (χ4v) is 2.94. The van der Waals surface area contributed by atoms with Crippen LogP contribution in [0.3, 0.4) is 0 Å². The molecule has 0 saturated carbocycles. The van der Waals surface area contributed by atoms with Gasteiger partial charge in [0.05, 0.1) is 0 Å². The van der Waals surface area contributed by atoms with Crippen LogP contribution in [0.25, 0.3) is 0 Å². The van der Waals surface area contributed by atoms with E-state index in [-0.39, 0.29) is 0 Å². The van der Waals surface area contributed by atoms with Gasteiger partial charge in [-0.2, -0.15) is 0 Å². The first-order valence-corrected chi connectivity index (χ1v) is 8.18. The van der Waals surface area contributed by atoms with E-state index < -0.39 is 0 Å². The molecule has 3 nitrogen and oxygen atoms in total. The number of nitrogens with one attached hydrogen (secondary N) is 1. The first-order chi connectivity index (χ1) is 9.17. The highest BCUT2D eigenvalue weighted by Gasteiger charge is 2.20. The average molecular weight is 268 g/mol. The lowest BCUT2D eigenvalue weighted by molar-refractivity contribution is -0.130. The van der Waals surface area contributed by atoms with Crippen LogP contribution in [-0.4, -0.2) is 36.5 Å². The highest BCUT2D eigenvalue weighted by molar-refractivity contribution is 5.76. The monoisotopic (exact) mass is 268 g/mol. The normalized spacial score (nSPS) is 22.4. The zero-order valence-electron chi connectivity index (χ0n) is 13.1. The van der Waals surface area contributed by atoms with Crippen LogP contribution in [0.5, 0.6) is 0 Å². The Hall–Kier alpha value is -0.570. The molecule has 0 aromatic heterocycles. The van der Waals surface area contributed by atoms with Gasteiger partial charge in [0.2, 0.25) is 5.91 Å². The van der Waals surface area contributed by atoms with Crippen molar-refractivity contribution in [2.45, 2.75) is 71.8 Å². The molecule has 3 heteroatoms. The van der Waals surface area contributed by atoms with E-state index in [1.165, 1.54) is 25.7 Å². The van der Waals surface area contributed by atoms with Crippen molar-refractivity contribution in [1.29, 1.82) is 0 Å². The van der Waals surface area contributed by atoms with Crippen molar-refractivity contribution in [2.24, 2.45) is 5.92 Å². The van der Waals surface area contributed by atoms with E-state index in [2.05, 4.69) is 31.0 Å². The first kappa shape index (κ1) is 16.5. The predicted octanol–water partition coefficient (Wildman–Crippen LogP) is 3.19. The van der Waals surface area contributed by atoms with Gasteiger partial charge in [0.15, 0.2) is 0 Å². The lowest BCUT2D eigenvalue weighted by Gasteiger charge is -2.21. The van der Waals surface area contributed by atoms with Gasteiger partial charge in [0, 0.05) is 25.6 Å². The van der Waals surface area contributed by atoms with Crippen LogP contribution in [0, 0.1) is 5.92 Å². The third-order valence-electron chi connectivity index (χ3n) is 4.37. The van der Waals surface area contributed by atoms with Crippen LogP contribution >= 0.6 is 0 Å². The minimum absolute atomic E-state index is 0.385. The molecule has 2 unspecified atom stereocenters. The fraction of sp³-hybridized carbons (Fsp3) is 0.938. The average Bonchev–Trinajstić information content (AvgIpc) is 2.57. The molecule has 0 spiro atoms. The Kier molecular flexibility index (Phi) is 8.11. The Morgan fingerprint density at radius 3 is 2.79 bits per heavy atom. The summed E-state index contributed by atoms with van der Waals surface area (Å²) in [5.74, 6) is 1.15. The maximum absolute atomic E-state index is 12.0. The standard InChI is InChI=1S/C16H32N2O/c1-4-15-9-10-16(19)18(13-11-15)12-7-6-8-14(3)17-5-2/h14-15,17H,4-13H2,1-3H3. The SMILES string of the molecule is CCNC(C)CCCCN1CCC(CC)CCC1=O. The van der Waals surface area contributed by atoms with Crippen LogP contribution in [0.4, 0.5) is 0 Å². The van der Waals surface area contributed by atoms with Crippen LogP contribution in [0.1, 0.15) is 65.7 Å². The molecule has 1 heterocycles. The molecule has 112 valence electrons. The van der Waals surface area contributed by atoms with Crippen molar-refractivity contribution < 1.29 is 4.79 Å². The number of carbonyl (C=O) groups excluding carboxylic acids is 1. The largest absolute Gasteiger partial charge is 0.343 e. The lowest BCUT2D eigenvalue weighted by Crippen LogP contribution is -2.31. The summed E-state index contributed by atoms with van der Waals surface area (Å²) in [5.41, 5.74) is 0. The minimum atomic E-state index is 0.385. The van der Waals surface area contributed by atoms with Gasteiger partial charge in [-0.1, -0.05) is 26.7 Å². The quantitative estimate of drug-likeness (QED) is 0.686. The predicted molar refractivity (Wildman–Crippen MR) is 81.2 cm³/mol. The second kappa shape index (κ2) is 9.35. The van der Waals surface area contributed by atoms with Gasteiger partial charge >= 0.3 is 0 Å². The molecular weight excluding hydrogens is 236 g/mol. The van der Waals surface area contributed by atoms with E-state index in [1.54, 1.807) is 0 Å². The molecule has 1 aliphatic rings. The number of rotatable bonds is 8. The molecule has 1 aliphatic heterocycles. The van der Waals surface area contributed by atoms with E-state index in [9.17, 15) is 4.79 Å². The summed E-state index contributed by atoms with van der Waals surface area (Å²) < 4.78 is 0. The zero-order valence-corrected chi connectivity index (χ0v) is 13.1. The lowest BCUT2D eigenvalue weighted by atomic mass is 9.98. The Balaban J connectivity index is 2.19. The molecule has 2 atom stereocenters. The highest BCUT2D eigenvalue weighted by atomic mass is 16.2. The number of amides is 1. The number of hydrogen-bond donors (Lipinski definition) is 1. The molecule has 19 heavy (non-hydrogen) atoms. The van der Waals surface area contributed by atoms with Gasteiger partial charge in [0.25, 0.3) is 0 Å². The molecule has 0 aromatic carbocycles. The van der Waals surface area contributed by atoms with Crippen LogP contribution in [-0.2, 0) is 4.79 Å². The van der Waals surface area contributed by atoms with Crippen molar-refractivity contribution in [3.63, 3.8) is 0 Å². The molecule has 0 aromatic rings. The Morgan fingerprint density at radius 1 is 1.32 bits per heavy atom. The third kappa shape index (κ3) is 6.42. The summed E-state index contributed by atoms with van der Waals surface area (Å²) >= 11 is 0. The number of hydrogen-bond acceptors (Lipinski definition) is 2.